The quantitative estimate of drug-likeness (QED) is 0.512. The number of nitrogens with zero attached hydrogens (tertiary/aromatic N) is 2. The predicted octanol–water partition coefficient (Wildman–Crippen LogP) is 4.98. The van der Waals surface area contributed by atoms with E-state index in [9.17, 15) is 0 Å². The molecule has 4 rings (SSSR count). The summed E-state index contributed by atoms with van der Waals surface area (Å²) in [6, 6.07) is 22.4. The smallest absolute Gasteiger partial charge is 0.141 e. The van der Waals surface area contributed by atoms with Crippen molar-refractivity contribution in [2.24, 2.45) is 0 Å². The van der Waals surface area contributed by atoms with Crippen LogP contribution in [0.3, 0.4) is 0 Å². The summed E-state index contributed by atoms with van der Waals surface area (Å²) in [7, 11) is 0. The largest absolute Gasteiger partial charge is 0.492 e. The molecule has 0 aliphatic rings. The van der Waals surface area contributed by atoms with Gasteiger partial charge in [0.05, 0.1) is 17.6 Å². The highest BCUT2D eigenvalue weighted by molar-refractivity contribution is 5.81. The van der Waals surface area contributed by atoms with Crippen molar-refractivity contribution in [1.82, 2.24) is 9.55 Å². The van der Waals surface area contributed by atoms with Crippen molar-refractivity contribution in [2.75, 3.05) is 12.3 Å². The van der Waals surface area contributed by atoms with E-state index < -0.39 is 0 Å². The van der Waals surface area contributed by atoms with E-state index in [0.29, 0.717) is 13.2 Å². The van der Waals surface area contributed by atoms with Crippen LogP contribution in [0.2, 0.25) is 0 Å². The summed E-state index contributed by atoms with van der Waals surface area (Å²) >= 11 is 0. The van der Waals surface area contributed by atoms with Gasteiger partial charge in [0, 0.05) is 11.3 Å². The van der Waals surface area contributed by atoms with E-state index in [4.69, 9.17) is 15.5 Å². The molecular weight excluding hydrogens is 334 g/mol. The lowest BCUT2D eigenvalue weighted by Gasteiger charge is -2.12. The first-order chi connectivity index (χ1) is 13.1. The van der Waals surface area contributed by atoms with Gasteiger partial charge in [-0.3, -0.25) is 0 Å². The molecule has 0 unspecified atom stereocenters. The number of hydrogen-bond donors (Lipinski definition) is 1. The predicted molar refractivity (Wildman–Crippen MR) is 111 cm³/mol. The van der Waals surface area contributed by atoms with Gasteiger partial charge in [0.15, 0.2) is 0 Å². The van der Waals surface area contributed by atoms with Crippen LogP contribution in [0.4, 0.5) is 5.69 Å². The number of rotatable bonds is 5. The standard InChI is InChI=1S/C23H23N3O/c1-16-7-11-19(12-8-16)27-14-13-26-22-6-4-3-5-21(22)25-23(26)18-10-9-17(2)20(24)15-18/h3-12,15H,13-14,24H2,1-2H3. The average Bonchev–Trinajstić information content (AvgIpc) is 3.04. The van der Waals surface area contributed by atoms with E-state index in [0.717, 1.165) is 39.4 Å². The Morgan fingerprint density at radius 2 is 1.74 bits per heavy atom. The van der Waals surface area contributed by atoms with Crippen molar-refractivity contribution in [3.05, 3.63) is 77.9 Å². The molecule has 0 amide bonds. The third-order valence-corrected chi connectivity index (χ3v) is 4.80. The van der Waals surface area contributed by atoms with E-state index in [-0.39, 0.29) is 0 Å². The number of benzene rings is 3. The van der Waals surface area contributed by atoms with Gasteiger partial charge >= 0.3 is 0 Å². The summed E-state index contributed by atoms with van der Waals surface area (Å²) in [5.41, 5.74) is 12.3. The number of anilines is 1. The van der Waals surface area contributed by atoms with Crippen molar-refractivity contribution >= 4 is 16.7 Å². The van der Waals surface area contributed by atoms with Crippen molar-refractivity contribution < 1.29 is 4.74 Å². The van der Waals surface area contributed by atoms with Crippen LogP contribution >= 0.6 is 0 Å². The molecule has 27 heavy (non-hydrogen) atoms. The van der Waals surface area contributed by atoms with Crippen LogP contribution < -0.4 is 10.5 Å². The first kappa shape index (κ1) is 17.2. The maximum Gasteiger partial charge on any atom is 0.141 e. The van der Waals surface area contributed by atoms with E-state index >= 15 is 0 Å². The summed E-state index contributed by atoms with van der Waals surface area (Å²) in [4.78, 5) is 4.84. The van der Waals surface area contributed by atoms with Crippen LogP contribution in [0.5, 0.6) is 5.75 Å². The molecule has 0 radical (unpaired) electrons. The minimum atomic E-state index is 0.567. The molecule has 0 aliphatic carbocycles. The highest BCUT2D eigenvalue weighted by Crippen LogP contribution is 2.27. The summed E-state index contributed by atoms with van der Waals surface area (Å²) < 4.78 is 8.15. The number of aryl methyl sites for hydroxylation is 2. The molecule has 1 aromatic heterocycles. The van der Waals surface area contributed by atoms with Crippen LogP contribution in [0.1, 0.15) is 11.1 Å². The molecule has 3 aromatic carbocycles. The number of nitrogen functional groups attached to an aromatic ring is 1. The molecule has 4 aromatic rings. The summed E-state index contributed by atoms with van der Waals surface area (Å²) in [6.45, 7) is 5.35. The third-order valence-electron chi connectivity index (χ3n) is 4.80. The Bertz CT molecular complexity index is 1080. The fraction of sp³-hybridized carbons (Fsp3) is 0.174. The Labute approximate surface area is 159 Å². The monoisotopic (exact) mass is 357 g/mol. The highest BCUT2D eigenvalue weighted by atomic mass is 16.5. The lowest BCUT2D eigenvalue weighted by molar-refractivity contribution is 0.301. The van der Waals surface area contributed by atoms with Crippen LogP contribution in [0.25, 0.3) is 22.4 Å². The summed E-state index contributed by atoms with van der Waals surface area (Å²) in [6.07, 6.45) is 0. The van der Waals surface area contributed by atoms with Gasteiger partial charge in [-0.2, -0.15) is 0 Å². The second-order valence-electron chi connectivity index (χ2n) is 6.81. The zero-order valence-corrected chi connectivity index (χ0v) is 15.6. The molecule has 0 spiro atoms. The molecule has 0 atom stereocenters. The first-order valence-electron chi connectivity index (χ1n) is 9.13. The van der Waals surface area contributed by atoms with E-state index in [1.807, 2.05) is 49.4 Å². The number of nitrogens with two attached hydrogens (primary N) is 1. The average molecular weight is 357 g/mol. The van der Waals surface area contributed by atoms with Gasteiger partial charge in [-0.25, -0.2) is 4.98 Å². The minimum absolute atomic E-state index is 0.567. The normalized spacial score (nSPS) is 11.0. The first-order valence-corrected chi connectivity index (χ1v) is 9.13. The number of imidazole rings is 1. The molecule has 2 N–H and O–H groups in total. The lowest BCUT2D eigenvalue weighted by Crippen LogP contribution is -2.09. The second kappa shape index (κ2) is 7.16. The van der Waals surface area contributed by atoms with Crippen molar-refractivity contribution in [1.29, 1.82) is 0 Å². The maximum absolute atomic E-state index is 6.13. The lowest BCUT2D eigenvalue weighted by atomic mass is 10.1. The second-order valence-corrected chi connectivity index (χ2v) is 6.81. The van der Waals surface area contributed by atoms with Gasteiger partial charge < -0.3 is 15.0 Å². The number of ether oxygens (including phenoxy) is 1. The molecule has 0 saturated heterocycles. The van der Waals surface area contributed by atoms with Crippen molar-refractivity contribution in [3.63, 3.8) is 0 Å². The molecule has 1 heterocycles. The molecule has 4 nitrogen and oxygen atoms in total. The van der Waals surface area contributed by atoms with Crippen LogP contribution in [-0.4, -0.2) is 16.2 Å². The number of fused-ring (bicyclic) bond motifs is 1. The molecule has 4 heteroatoms. The van der Waals surface area contributed by atoms with Crippen molar-refractivity contribution in [3.8, 4) is 17.1 Å². The van der Waals surface area contributed by atoms with E-state index in [2.05, 4.69) is 35.8 Å². The van der Waals surface area contributed by atoms with Crippen LogP contribution in [0.15, 0.2) is 66.7 Å². The van der Waals surface area contributed by atoms with Gasteiger partial charge in [0.2, 0.25) is 0 Å². The molecule has 136 valence electrons. The Kier molecular flexibility index (Phi) is 4.55. The molecule has 0 fully saturated rings. The minimum Gasteiger partial charge on any atom is -0.492 e. The van der Waals surface area contributed by atoms with Gasteiger partial charge in [-0.05, 0) is 49.7 Å². The van der Waals surface area contributed by atoms with Gasteiger partial charge in [-0.1, -0.05) is 42.0 Å². The van der Waals surface area contributed by atoms with E-state index in [1.165, 1.54) is 5.56 Å². The molecule has 0 saturated carbocycles. The van der Waals surface area contributed by atoms with Crippen LogP contribution in [0, 0.1) is 13.8 Å². The third kappa shape index (κ3) is 3.51. The highest BCUT2D eigenvalue weighted by Gasteiger charge is 2.13. The topological polar surface area (TPSA) is 53.1 Å². The van der Waals surface area contributed by atoms with Gasteiger partial charge in [0.1, 0.15) is 18.2 Å². The Balaban J connectivity index is 1.65. The number of hydrogen-bond acceptors (Lipinski definition) is 3. The van der Waals surface area contributed by atoms with Crippen LogP contribution in [-0.2, 0) is 6.54 Å². The molecule has 0 aliphatic heterocycles. The molecule has 0 bridgehead atoms. The SMILES string of the molecule is Cc1ccc(OCCn2c(-c3ccc(C)c(N)c3)nc3ccccc32)cc1. The Morgan fingerprint density at radius 3 is 2.52 bits per heavy atom. The summed E-state index contributed by atoms with van der Waals surface area (Å²) in [5.74, 6) is 1.79. The van der Waals surface area contributed by atoms with Crippen molar-refractivity contribution in [2.45, 2.75) is 20.4 Å². The zero-order chi connectivity index (χ0) is 18.8. The number of aromatic nitrogens is 2. The fourth-order valence-electron chi connectivity index (χ4n) is 3.19. The van der Waals surface area contributed by atoms with Gasteiger partial charge in [-0.15, -0.1) is 0 Å². The summed E-state index contributed by atoms with van der Waals surface area (Å²) in [5, 5.41) is 0. The van der Waals surface area contributed by atoms with E-state index in [1.54, 1.807) is 0 Å². The van der Waals surface area contributed by atoms with Gasteiger partial charge in [0.25, 0.3) is 0 Å². The number of para-hydroxylation sites is 2. The Hall–Kier alpha value is -3.27. The molecular formula is C23H23N3O. The maximum atomic E-state index is 6.13. The fourth-order valence-corrected chi connectivity index (χ4v) is 3.19. The Morgan fingerprint density at radius 1 is 0.963 bits per heavy atom. The zero-order valence-electron chi connectivity index (χ0n) is 15.6.